The molecule has 1 saturated heterocycles. The van der Waals surface area contributed by atoms with E-state index >= 15 is 0 Å². The van der Waals surface area contributed by atoms with Crippen LogP contribution in [0.3, 0.4) is 0 Å². The number of pyridine rings is 1. The molecule has 1 aromatic heterocycles. The fourth-order valence-electron chi connectivity index (χ4n) is 3.43. The van der Waals surface area contributed by atoms with E-state index in [-0.39, 0.29) is 18.2 Å². The molecule has 168 valence electrons. The van der Waals surface area contributed by atoms with Gasteiger partial charge in [-0.25, -0.2) is 14.6 Å². The van der Waals surface area contributed by atoms with Gasteiger partial charge in [-0.3, -0.25) is 4.90 Å². The van der Waals surface area contributed by atoms with Crippen molar-refractivity contribution in [3.05, 3.63) is 23.9 Å². The van der Waals surface area contributed by atoms with Crippen molar-refractivity contribution in [3.8, 4) is 0 Å². The zero-order valence-corrected chi connectivity index (χ0v) is 19.7. The molecule has 0 bridgehead atoms. The molecule has 0 aliphatic carbocycles. The van der Waals surface area contributed by atoms with Crippen LogP contribution in [0.4, 0.5) is 15.4 Å². The topological polar surface area (TPSA) is 72.0 Å². The molecule has 1 aliphatic heterocycles. The van der Waals surface area contributed by atoms with E-state index in [1.54, 1.807) is 16.0 Å². The second-order valence-corrected chi connectivity index (χ2v) is 10.1. The Bertz CT molecular complexity index is 732. The van der Waals surface area contributed by atoms with E-state index in [9.17, 15) is 9.59 Å². The number of carbonyl (C=O) groups excluding carboxylic acids is 2. The van der Waals surface area contributed by atoms with Crippen molar-refractivity contribution in [1.29, 1.82) is 0 Å². The summed E-state index contributed by atoms with van der Waals surface area (Å²) in [5.41, 5.74) is -0.177. The molecule has 7 nitrogen and oxygen atoms in total. The number of hydrogen-bond acceptors (Lipinski definition) is 5. The normalized spacial score (nSPS) is 17.6. The molecule has 1 aromatic rings. The summed E-state index contributed by atoms with van der Waals surface area (Å²) in [6.45, 7) is 15.6. The van der Waals surface area contributed by atoms with Crippen LogP contribution in [0.25, 0.3) is 0 Å². The number of anilines is 1. The van der Waals surface area contributed by atoms with Crippen LogP contribution < -0.4 is 4.90 Å². The van der Waals surface area contributed by atoms with Crippen molar-refractivity contribution in [2.24, 2.45) is 0 Å². The average molecular weight is 420 g/mol. The smallest absolute Gasteiger partial charge is 0.416 e. The summed E-state index contributed by atoms with van der Waals surface area (Å²) in [4.78, 5) is 33.2. The van der Waals surface area contributed by atoms with Gasteiger partial charge in [0.2, 0.25) is 0 Å². The van der Waals surface area contributed by atoms with Crippen molar-refractivity contribution in [1.82, 2.24) is 9.88 Å². The van der Waals surface area contributed by atoms with Gasteiger partial charge in [0.25, 0.3) is 0 Å². The van der Waals surface area contributed by atoms with Gasteiger partial charge in [-0.15, -0.1) is 0 Å². The largest absolute Gasteiger partial charge is 0.444 e. The van der Waals surface area contributed by atoms with Gasteiger partial charge in [-0.05, 0) is 86.3 Å². The molecule has 0 radical (unpaired) electrons. The van der Waals surface area contributed by atoms with E-state index in [0.717, 1.165) is 24.8 Å². The first kappa shape index (κ1) is 24.0. The standard InChI is InChI=1S/C23H37N3O4/c1-16(2)26(21(28)30-23(6,7)8)19-13-12-17(15-24-19)18-11-9-10-14-25(18)20(27)29-22(3,4)5/h12-13,15-16,18H,9-11,14H2,1-8H3/t18-/m0/s1. The Morgan fingerprint density at radius 1 is 1.07 bits per heavy atom. The highest BCUT2D eigenvalue weighted by molar-refractivity contribution is 5.87. The summed E-state index contributed by atoms with van der Waals surface area (Å²) in [6, 6.07) is 3.58. The van der Waals surface area contributed by atoms with Gasteiger partial charge in [0.15, 0.2) is 0 Å². The number of rotatable bonds is 3. The summed E-state index contributed by atoms with van der Waals surface area (Å²) in [5, 5.41) is 0. The first-order valence-corrected chi connectivity index (χ1v) is 10.8. The number of carbonyl (C=O) groups is 2. The minimum Gasteiger partial charge on any atom is -0.444 e. The summed E-state index contributed by atoms with van der Waals surface area (Å²) in [7, 11) is 0. The zero-order chi connectivity index (χ0) is 22.7. The molecule has 1 fully saturated rings. The third-order valence-corrected chi connectivity index (χ3v) is 4.64. The van der Waals surface area contributed by atoms with Crippen LogP contribution in [0.1, 0.15) is 86.3 Å². The highest BCUT2D eigenvalue weighted by Crippen LogP contribution is 2.32. The molecular weight excluding hydrogens is 382 g/mol. The Labute approximate surface area is 180 Å². The number of piperidine rings is 1. The molecular formula is C23H37N3O4. The van der Waals surface area contributed by atoms with E-state index in [1.807, 2.05) is 67.5 Å². The first-order valence-electron chi connectivity index (χ1n) is 10.8. The van der Waals surface area contributed by atoms with Crippen molar-refractivity contribution in [2.75, 3.05) is 11.4 Å². The lowest BCUT2D eigenvalue weighted by molar-refractivity contribution is 0.00947. The zero-order valence-electron chi connectivity index (χ0n) is 19.7. The lowest BCUT2D eigenvalue weighted by Gasteiger charge is -2.37. The molecule has 2 rings (SSSR count). The monoisotopic (exact) mass is 419 g/mol. The highest BCUT2D eigenvalue weighted by Gasteiger charge is 2.32. The fraction of sp³-hybridized carbons (Fsp3) is 0.696. The number of nitrogens with zero attached hydrogens (tertiary/aromatic N) is 3. The van der Waals surface area contributed by atoms with Crippen LogP contribution in [-0.2, 0) is 9.47 Å². The van der Waals surface area contributed by atoms with Gasteiger partial charge in [0, 0.05) is 18.8 Å². The van der Waals surface area contributed by atoms with Gasteiger partial charge in [0.1, 0.15) is 17.0 Å². The molecule has 0 unspecified atom stereocenters. The Balaban J connectivity index is 2.23. The molecule has 30 heavy (non-hydrogen) atoms. The van der Waals surface area contributed by atoms with E-state index in [1.165, 1.54) is 0 Å². The number of aromatic nitrogens is 1. The predicted molar refractivity (Wildman–Crippen MR) is 118 cm³/mol. The fourth-order valence-corrected chi connectivity index (χ4v) is 3.43. The highest BCUT2D eigenvalue weighted by atomic mass is 16.6. The first-order chi connectivity index (χ1) is 13.8. The third kappa shape index (κ3) is 6.61. The maximum atomic E-state index is 12.7. The van der Waals surface area contributed by atoms with Crippen LogP contribution in [0.15, 0.2) is 18.3 Å². The van der Waals surface area contributed by atoms with E-state index in [4.69, 9.17) is 9.47 Å². The van der Waals surface area contributed by atoms with Crippen molar-refractivity contribution in [3.63, 3.8) is 0 Å². The quantitative estimate of drug-likeness (QED) is 0.629. The third-order valence-electron chi connectivity index (χ3n) is 4.64. The Morgan fingerprint density at radius 2 is 1.70 bits per heavy atom. The maximum absolute atomic E-state index is 12.7. The molecule has 2 amide bonds. The molecule has 2 heterocycles. The summed E-state index contributed by atoms with van der Waals surface area (Å²) in [6.07, 6.45) is 3.89. The van der Waals surface area contributed by atoms with Crippen LogP contribution >= 0.6 is 0 Å². The molecule has 0 spiro atoms. The van der Waals surface area contributed by atoms with Gasteiger partial charge in [-0.2, -0.15) is 0 Å². The second kappa shape index (κ2) is 9.23. The Morgan fingerprint density at radius 3 is 2.20 bits per heavy atom. The van der Waals surface area contributed by atoms with Crippen LogP contribution in [0, 0.1) is 0 Å². The predicted octanol–water partition coefficient (Wildman–Crippen LogP) is 5.69. The maximum Gasteiger partial charge on any atom is 0.416 e. The molecule has 0 aromatic carbocycles. The minimum absolute atomic E-state index is 0.0795. The van der Waals surface area contributed by atoms with Crippen LogP contribution in [0.2, 0.25) is 0 Å². The number of ether oxygens (including phenoxy) is 2. The molecule has 0 N–H and O–H groups in total. The summed E-state index contributed by atoms with van der Waals surface area (Å²) >= 11 is 0. The Kier molecular flexibility index (Phi) is 7.37. The van der Waals surface area contributed by atoms with Gasteiger partial charge < -0.3 is 14.4 Å². The molecule has 0 saturated carbocycles. The van der Waals surface area contributed by atoms with Gasteiger partial charge in [0.05, 0.1) is 6.04 Å². The molecule has 1 aliphatic rings. The van der Waals surface area contributed by atoms with Crippen LogP contribution in [-0.4, -0.2) is 45.9 Å². The summed E-state index contributed by atoms with van der Waals surface area (Å²) < 4.78 is 11.1. The average Bonchev–Trinajstić information content (AvgIpc) is 2.59. The molecule has 1 atom stereocenters. The van der Waals surface area contributed by atoms with Crippen molar-refractivity contribution >= 4 is 18.0 Å². The lowest BCUT2D eigenvalue weighted by Crippen LogP contribution is -2.42. The number of likely N-dealkylation sites (tertiary alicyclic amines) is 1. The SMILES string of the molecule is CC(C)N(C(=O)OC(C)(C)C)c1ccc([C@@H]2CCCCN2C(=O)OC(C)(C)C)cn1. The summed E-state index contributed by atoms with van der Waals surface area (Å²) in [5.74, 6) is 0.530. The molecule has 7 heteroatoms. The van der Waals surface area contributed by atoms with E-state index in [2.05, 4.69) is 4.98 Å². The van der Waals surface area contributed by atoms with Crippen molar-refractivity contribution < 1.29 is 19.1 Å². The number of hydrogen-bond donors (Lipinski definition) is 0. The van der Waals surface area contributed by atoms with Gasteiger partial charge in [-0.1, -0.05) is 6.07 Å². The minimum atomic E-state index is -0.583. The van der Waals surface area contributed by atoms with Gasteiger partial charge >= 0.3 is 12.2 Å². The Hall–Kier alpha value is -2.31. The lowest BCUT2D eigenvalue weighted by atomic mass is 9.97. The van der Waals surface area contributed by atoms with E-state index < -0.39 is 17.3 Å². The second-order valence-electron chi connectivity index (χ2n) is 10.1. The van der Waals surface area contributed by atoms with Crippen molar-refractivity contribution in [2.45, 2.75) is 97.9 Å². The van der Waals surface area contributed by atoms with E-state index in [0.29, 0.717) is 12.4 Å². The van der Waals surface area contributed by atoms with Crippen LogP contribution in [0.5, 0.6) is 0 Å². The number of amides is 2.